The molecule has 2 rings (SSSR count). The lowest BCUT2D eigenvalue weighted by Gasteiger charge is -2.32. The Morgan fingerprint density at radius 2 is 2.31 bits per heavy atom. The van der Waals surface area contributed by atoms with Gasteiger partial charge in [-0.3, -0.25) is 9.69 Å². The number of hydrogen-bond donors (Lipinski definition) is 1. The molecule has 0 aromatic rings. The predicted molar refractivity (Wildman–Crippen MR) is 46.5 cm³/mol. The maximum atomic E-state index is 10.8. The van der Waals surface area contributed by atoms with E-state index in [1.807, 2.05) is 4.90 Å². The highest BCUT2D eigenvalue weighted by atomic mass is 16.5. The van der Waals surface area contributed by atoms with E-state index in [0.29, 0.717) is 13.2 Å². The van der Waals surface area contributed by atoms with E-state index in [9.17, 15) is 4.79 Å². The molecule has 1 heterocycles. The zero-order chi connectivity index (χ0) is 9.26. The molecule has 0 aromatic carbocycles. The molecular weight excluding hydrogens is 170 g/mol. The van der Waals surface area contributed by atoms with Crippen molar-refractivity contribution in [3.05, 3.63) is 0 Å². The Hall–Kier alpha value is -0.610. The molecule has 2 aliphatic rings. The third-order valence-electron chi connectivity index (χ3n) is 2.71. The minimum Gasteiger partial charge on any atom is -0.480 e. The maximum absolute atomic E-state index is 10.8. The van der Waals surface area contributed by atoms with Crippen LogP contribution in [0, 0.1) is 5.92 Å². The van der Waals surface area contributed by atoms with E-state index >= 15 is 0 Å². The van der Waals surface area contributed by atoms with E-state index in [0.717, 1.165) is 19.0 Å². The van der Waals surface area contributed by atoms with Crippen LogP contribution in [0.5, 0.6) is 0 Å². The van der Waals surface area contributed by atoms with Gasteiger partial charge in [0, 0.05) is 13.1 Å². The first-order valence-electron chi connectivity index (χ1n) is 4.82. The van der Waals surface area contributed by atoms with E-state index in [1.54, 1.807) is 0 Å². The lowest BCUT2D eigenvalue weighted by molar-refractivity contribution is -0.149. The second kappa shape index (κ2) is 3.64. The number of hydrogen-bond acceptors (Lipinski definition) is 3. The van der Waals surface area contributed by atoms with Crippen molar-refractivity contribution in [3.63, 3.8) is 0 Å². The predicted octanol–water partition coefficient (Wildman–Crippen LogP) is 0.182. The Labute approximate surface area is 77.5 Å². The summed E-state index contributed by atoms with van der Waals surface area (Å²) in [5.74, 6) is 0.000278. The summed E-state index contributed by atoms with van der Waals surface area (Å²) in [4.78, 5) is 12.9. The molecule has 0 spiro atoms. The standard InChI is InChI=1S/C9H15NO3/c11-9(12)8-6-13-4-3-10(8)5-7-1-2-7/h7-8H,1-6H2,(H,11,12). The fourth-order valence-corrected chi connectivity index (χ4v) is 1.72. The zero-order valence-corrected chi connectivity index (χ0v) is 7.61. The van der Waals surface area contributed by atoms with Gasteiger partial charge in [0.1, 0.15) is 6.04 Å². The first-order valence-corrected chi connectivity index (χ1v) is 4.82. The molecule has 2 fully saturated rings. The van der Waals surface area contributed by atoms with Crippen molar-refractivity contribution in [2.45, 2.75) is 18.9 Å². The first kappa shape index (κ1) is 8.97. The van der Waals surface area contributed by atoms with Crippen LogP contribution in [-0.4, -0.2) is 48.3 Å². The lowest BCUT2D eigenvalue weighted by atomic mass is 10.2. The van der Waals surface area contributed by atoms with Crippen molar-refractivity contribution in [2.24, 2.45) is 5.92 Å². The Bertz CT molecular complexity index is 203. The number of ether oxygens (including phenoxy) is 1. The molecule has 0 amide bonds. The molecule has 1 saturated heterocycles. The summed E-state index contributed by atoms with van der Waals surface area (Å²) in [6.07, 6.45) is 2.54. The summed E-state index contributed by atoms with van der Waals surface area (Å²) in [6, 6.07) is -0.408. The van der Waals surface area contributed by atoms with Gasteiger partial charge in [-0.25, -0.2) is 0 Å². The van der Waals surface area contributed by atoms with Crippen LogP contribution in [0.4, 0.5) is 0 Å². The second-order valence-corrected chi connectivity index (χ2v) is 3.87. The average molecular weight is 185 g/mol. The maximum Gasteiger partial charge on any atom is 0.323 e. The van der Waals surface area contributed by atoms with Crippen molar-refractivity contribution in [3.8, 4) is 0 Å². The van der Waals surface area contributed by atoms with E-state index in [-0.39, 0.29) is 0 Å². The van der Waals surface area contributed by atoms with Gasteiger partial charge in [-0.15, -0.1) is 0 Å². The molecule has 1 aliphatic carbocycles. The van der Waals surface area contributed by atoms with Gasteiger partial charge in [0.25, 0.3) is 0 Å². The molecule has 1 saturated carbocycles. The molecule has 0 bridgehead atoms. The average Bonchev–Trinajstić information content (AvgIpc) is 2.89. The fourth-order valence-electron chi connectivity index (χ4n) is 1.72. The molecule has 0 aromatic heterocycles. The molecule has 4 heteroatoms. The molecule has 1 N–H and O–H groups in total. The summed E-state index contributed by atoms with van der Waals surface area (Å²) >= 11 is 0. The van der Waals surface area contributed by atoms with Crippen molar-refractivity contribution in [2.75, 3.05) is 26.3 Å². The van der Waals surface area contributed by atoms with Gasteiger partial charge < -0.3 is 9.84 Å². The van der Waals surface area contributed by atoms with Crippen LogP contribution in [0.2, 0.25) is 0 Å². The number of nitrogens with zero attached hydrogens (tertiary/aromatic N) is 1. The van der Waals surface area contributed by atoms with Gasteiger partial charge in [0.15, 0.2) is 0 Å². The van der Waals surface area contributed by atoms with Gasteiger partial charge in [0.2, 0.25) is 0 Å². The van der Waals surface area contributed by atoms with E-state index < -0.39 is 12.0 Å². The third kappa shape index (κ3) is 2.19. The smallest absolute Gasteiger partial charge is 0.323 e. The minimum atomic E-state index is -0.750. The molecule has 0 radical (unpaired) electrons. The van der Waals surface area contributed by atoms with E-state index in [4.69, 9.17) is 9.84 Å². The summed E-state index contributed by atoms with van der Waals surface area (Å²) in [7, 11) is 0. The molecule has 1 atom stereocenters. The number of rotatable bonds is 3. The largest absolute Gasteiger partial charge is 0.480 e. The van der Waals surface area contributed by atoms with Gasteiger partial charge in [-0.05, 0) is 18.8 Å². The fraction of sp³-hybridized carbons (Fsp3) is 0.889. The van der Waals surface area contributed by atoms with Crippen LogP contribution < -0.4 is 0 Å². The molecule has 1 aliphatic heterocycles. The van der Waals surface area contributed by atoms with Crippen molar-refractivity contribution in [1.29, 1.82) is 0 Å². The minimum absolute atomic E-state index is 0.349. The van der Waals surface area contributed by atoms with Crippen molar-refractivity contribution < 1.29 is 14.6 Å². The quantitative estimate of drug-likeness (QED) is 0.681. The number of morpholine rings is 1. The molecule has 74 valence electrons. The van der Waals surface area contributed by atoms with Crippen molar-refractivity contribution >= 4 is 5.97 Å². The van der Waals surface area contributed by atoms with Crippen LogP contribution in [0.25, 0.3) is 0 Å². The van der Waals surface area contributed by atoms with E-state index in [1.165, 1.54) is 12.8 Å². The van der Waals surface area contributed by atoms with Crippen LogP contribution in [-0.2, 0) is 9.53 Å². The first-order chi connectivity index (χ1) is 6.27. The summed E-state index contributed by atoms with van der Waals surface area (Å²) in [6.45, 7) is 2.74. The summed E-state index contributed by atoms with van der Waals surface area (Å²) < 4.78 is 5.15. The molecular formula is C9H15NO3. The zero-order valence-electron chi connectivity index (χ0n) is 7.61. The van der Waals surface area contributed by atoms with Crippen LogP contribution in [0.15, 0.2) is 0 Å². The highest BCUT2D eigenvalue weighted by Gasteiger charge is 2.33. The Balaban J connectivity index is 1.90. The third-order valence-corrected chi connectivity index (χ3v) is 2.71. The SMILES string of the molecule is O=C(O)C1COCCN1CC1CC1. The lowest BCUT2D eigenvalue weighted by Crippen LogP contribution is -2.50. The topological polar surface area (TPSA) is 49.8 Å². The van der Waals surface area contributed by atoms with Crippen LogP contribution in [0.1, 0.15) is 12.8 Å². The highest BCUT2D eigenvalue weighted by molar-refractivity contribution is 5.73. The van der Waals surface area contributed by atoms with Gasteiger partial charge in [-0.1, -0.05) is 0 Å². The van der Waals surface area contributed by atoms with Gasteiger partial charge in [-0.2, -0.15) is 0 Å². The Morgan fingerprint density at radius 1 is 1.54 bits per heavy atom. The summed E-state index contributed by atoms with van der Waals surface area (Å²) in [5, 5.41) is 8.92. The van der Waals surface area contributed by atoms with Crippen LogP contribution in [0.3, 0.4) is 0 Å². The summed E-state index contributed by atoms with van der Waals surface area (Å²) in [5.41, 5.74) is 0. The highest BCUT2D eigenvalue weighted by Crippen LogP contribution is 2.30. The molecule has 13 heavy (non-hydrogen) atoms. The molecule has 4 nitrogen and oxygen atoms in total. The van der Waals surface area contributed by atoms with Gasteiger partial charge in [0.05, 0.1) is 13.2 Å². The monoisotopic (exact) mass is 185 g/mol. The second-order valence-electron chi connectivity index (χ2n) is 3.87. The van der Waals surface area contributed by atoms with E-state index in [2.05, 4.69) is 0 Å². The normalized spacial score (nSPS) is 30.3. The van der Waals surface area contributed by atoms with Crippen molar-refractivity contribution in [1.82, 2.24) is 4.90 Å². The number of carboxylic acids is 1. The molecule has 1 unspecified atom stereocenters. The Morgan fingerprint density at radius 3 is 2.92 bits per heavy atom. The number of carbonyl (C=O) groups is 1. The van der Waals surface area contributed by atoms with Gasteiger partial charge >= 0.3 is 5.97 Å². The Kier molecular flexibility index (Phi) is 2.51. The van der Waals surface area contributed by atoms with Crippen LogP contribution >= 0.6 is 0 Å². The number of carboxylic acid groups (broad SMARTS) is 1. The number of aliphatic carboxylic acids is 1.